The van der Waals surface area contributed by atoms with E-state index < -0.39 is 293 Å². The van der Waals surface area contributed by atoms with E-state index in [0.29, 0.717) is 21.8 Å². The Bertz CT molecular complexity index is 7310. The van der Waals surface area contributed by atoms with Crippen LogP contribution < -0.4 is 9.30 Å². The topological polar surface area (TPSA) is 35.9 Å². The van der Waals surface area contributed by atoms with Gasteiger partial charge in [-0.25, -0.2) is 4.98 Å². The SMILES string of the molecule is [2H]c1c([2H])c([2H])c(-c2cnc(-n3c4ccccc4c4ccc(Oc5cccc(-n6[c-][n+](-c7c(-c8c([2H])c(-c9c([2H])c([2H])c([2H])c([2H])c9[2H])c([2H])c(-c9c([2H])c([2H])c([2H])c([2H])c9[2H])c8[2H])cc(C(C)(C)C)cc7-c7c([2H])c([2H])c8c(c7[2H])C(C([2H])([2H])[2H])(C([2H])([2H])[2H])C([2H])([2H])C([2H])([2H])C8(C([2H])([2H])[2H])C([2H])([2H])[2H])c7ccc(-c8c(C([2H])([2H])[2H])cccc8C([2H])([2H])[2H])cc76)c5)cc43)cc2C([2H])([2H])[2H])c([2H])c1[2H]. The molecular formula is C87H76N4O. The number of para-hydroxylation sites is 1. The molecule has 11 aromatic carbocycles. The third kappa shape index (κ3) is 10.4. The highest BCUT2D eigenvalue weighted by molar-refractivity contribution is 6.09. The van der Waals surface area contributed by atoms with E-state index in [0.717, 1.165) is 29.0 Å². The molecule has 3 aromatic heterocycles. The third-order valence-electron chi connectivity index (χ3n) is 15.8. The molecule has 0 N–H and O–H groups in total. The first-order chi connectivity index (χ1) is 63.4. The van der Waals surface area contributed by atoms with E-state index in [2.05, 4.69) is 11.3 Å². The van der Waals surface area contributed by atoms with Crippen LogP contribution in [0.15, 0.2) is 254 Å². The van der Waals surface area contributed by atoms with Crippen LogP contribution >= 0.6 is 0 Å². The molecule has 14 aromatic rings. The van der Waals surface area contributed by atoms with E-state index in [1.54, 1.807) is 41.0 Å². The second-order valence-electron chi connectivity index (χ2n) is 22.8. The lowest BCUT2D eigenvalue weighted by Gasteiger charge is -2.42. The molecule has 0 atom stereocenters. The molecule has 0 bridgehead atoms. The van der Waals surface area contributed by atoms with Crippen LogP contribution in [-0.2, 0) is 16.2 Å². The zero-order chi connectivity index (χ0) is 103. The second-order valence-corrected chi connectivity index (χ2v) is 22.8. The van der Waals surface area contributed by atoms with E-state index in [-0.39, 0.29) is 50.7 Å². The van der Waals surface area contributed by atoms with E-state index in [4.69, 9.17) is 40.4 Å². The number of nitrogens with zero attached hydrogens (tertiary/aromatic N) is 4. The van der Waals surface area contributed by atoms with Crippen molar-refractivity contribution in [1.82, 2.24) is 14.1 Å². The van der Waals surface area contributed by atoms with Crippen molar-refractivity contribution < 1.29 is 72.4 Å². The minimum absolute atomic E-state index is 0.0133. The summed E-state index contributed by atoms with van der Waals surface area (Å²) in [6, 6.07) is 4.05. The van der Waals surface area contributed by atoms with E-state index in [9.17, 15) is 27.4 Å². The first-order valence-electron chi connectivity index (χ1n) is 51.5. The number of benzene rings is 11. The molecule has 0 unspecified atom stereocenters. The lowest BCUT2D eigenvalue weighted by atomic mass is 9.63. The average Bonchev–Trinajstić information content (AvgIpc) is 0.713. The lowest BCUT2D eigenvalue weighted by Crippen LogP contribution is -2.34. The number of aryl methyl sites for hydroxylation is 3. The fourth-order valence-corrected chi connectivity index (χ4v) is 11.4. The van der Waals surface area contributed by atoms with Crippen molar-refractivity contribution in [3.8, 4) is 95.5 Å². The minimum Gasteiger partial charge on any atom is -0.458 e. The van der Waals surface area contributed by atoms with Crippen LogP contribution in [0, 0.1) is 26.9 Å². The standard InChI is InChI=1S/C87H76N4O/c1-56-24-22-25-57(2)83(56)63-37-41-79-81(49-63)89(68-32-23-33-69(52-68)92-70-38-39-72-71-34-20-21-35-78(71)91(80(72)53-70)82-44-58(3)75(54-88-82)61-30-18-13-19-31-61)55-90(79)84-73(62-36-40-76-77(48-62)87(9,10)43-42-86(76,7)8)50-67(85(4,5)6)51-74(84)66-46-64(59-26-14-11-15-27-59)45-65(47-66)60-28-16-12-17-29-60/h11-41,44-54H,42-43H2,1-10H3/i1D3,2D3,3D3,7D3,8D3,9D3,10D3,11D,12D,13D,14D,15D,16D,17D,18D,19D,26D,27D,28D,29D,30D,31D,36D,40D,42D2,43D2,45D,46D,47D,48D. The summed E-state index contributed by atoms with van der Waals surface area (Å²) in [6.45, 7) is -23.3. The molecular weight excluding hydrogens is 1120 g/mol. The fourth-order valence-electron chi connectivity index (χ4n) is 11.4. The largest absolute Gasteiger partial charge is 0.458 e. The van der Waals surface area contributed by atoms with Crippen LogP contribution in [0.2, 0.25) is 0 Å². The lowest BCUT2D eigenvalue weighted by molar-refractivity contribution is -0.571. The van der Waals surface area contributed by atoms with Gasteiger partial charge < -0.3 is 4.74 Å². The van der Waals surface area contributed by atoms with Gasteiger partial charge in [-0.2, -0.15) is 0 Å². The Morgan fingerprint density at radius 2 is 1.14 bits per heavy atom. The van der Waals surface area contributed by atoms with E-state index in [1.807, 2.05) is 0 Å². The molecule has 0 spiro atoms. The van der Waals surface area contributed by atoms with E-state index >= 15 is 0 Å². The maximum atomic E-state index is 10.9. The zero-order valence-corrected chi connectivity index (χ0v) is 48.8. The Labute approximate surface area is 606 Å². The highest BCUT2D eigenvalue weighted by Gasteiger charge is 2.38. The Morgan fingerprint density at radius 3 is 1.83 bits per heavy atom. The van der Waals surface area contributed by atoms with Crippen molar-refractivity contribution in [2.24, 2.45) is 0 Å². The van der Waals surface area contributed by atoms with Crippen LogP contribution in [0.25, 0.3) is 117 Å². The molecule has 3 heterocycles. The minimum atomic E-state index is -4.92. The summed E-state index contributed by atoms with van der Waals surface area (Å²) in [7, 11) is 0. The zero-order valence-electron chi connectivity index (χ0n) is 94.8. The van der Waals surface area contributed by atoms with Gasteiger partial charge in [0.2, 0.25) is 0 Å². The Morgan fingerprint density at radius 1 is 0.511 bits per heavy atom. The summed E-state index contributed by atoms with van der Waals surface area (Å²) in [6.07, 6.45) is -5.52. The molecule has 0 saturated heterocycles. The van der Waals surface area contributed by atoms with Crippen molar-refractivity contribution in [3.05, 3.63) is 294 Å². The highest BCUT2D eigenvalue weighted by atomic mass is 16.5. The summed E-state index contributed by atoms with van der Waals surface area (Å²) in [5, 5.41) is 1.10. The molecule has 5 heteroatoms. The molecule has 0 radical (unpaired) electrons. The van der Waals surface area contributed by atoms with Gasteiger partial charge in [0.15, 0.2) is 0 Å². The maximum absolute atomic E-state index is 10.9. The quantitative estimate of drug-likeness (QED) is 0.0956. The molecule has 0 saturated carbocycles. The van der Waals surface area contributed by atoms with Crippen molar-refractivity contribution in [2.75, 3.05) is 0 Å². The second kappa shape index (κ2) is 22.5. The van der Waals surface area contributed by atoms with Gasteiger partial charge in [0.05, 0.1) is 62.2 Å². The number of fused-ring (bicyclic) bond motifs is 5. The van der Waals surface area contributed by atoms with Crippen LogP contribution in [0.4, 0.5) is 0 Å². The van der Waals surface area contributed by atoms with Gasteiger partial charge in [0.25, 0.3) is 6.33 Å². The monoisotopic (exact) mass is 1240 g/mol. The van der Waals surface area contributed by atoms with Gasteiger partial charge in [0, 0.05) is 62.9 Å². The number of ether oxygens (including phenoxy) is 1. The van der Waals surface area contributed by atoms with Gasteiger partial charge >= 0.3 is 0 Å². The molecule has 0 fully saturated rings. The number of hydrogen-bond acceptors (Lipinski definition) is 2. The average molecular weight is 1240 g/mol. The Balaban J connectivity index is 1.13. The van der Waals surface area contributed by atoms with Gasteiger partial charge in [-0.3, -0.25) is 13.7 Å². The predicted molar refractivity (Wildman–Crippen MR) is 383 cm³/mol. The highest BCUT2D eigenvalue weighted by Crippen LogP contribution is 2.49. The number of rotatable bonds is 11. The Hall–Kier alpha value is -10.4. The molecule has 1 aliphatic carbocycles. The normalized spacial score (nSPS) is 22.9. The fraction of sp³-hybridized carbons (Fsp3) is 0.172. The van der Waals surface area contributed by atoms with Crippen molar-refractivity contribution in [2.45, 2.75) is 97.7 Å². The molecule has 0 amide bonds. The smallest absolute Gasteiger partial charge is 0.269 e. The van der Waals surface area contributed by atoms with Crippen molar-refractivity contribution >= 4 is 32.8 Å². The first kappa shape index (κ1) is 26.5. The number of imidazole rings is 1. The molecule has 0 aliphatic heterocycles. The molecule has 1 aliphatic rings. The van der Waals surface area contributed by atoms with Crippen molar-refractivity contribution in [1.29, 1.82) is 0 Å². The number of pyridine rings is 1. The molecule has 15 rings (SSSR count). The van der Waals surface area contributed by atoms with Crippen LogP contribution in [-0.4, -0.2) is 14.1 Å². The van der Waals surface area contributed by atoms with Crippen LogP contribution in [0.3, 0.4) is 0 Å². The van der Waals surface area contributed by atoms with Gasteiger partial charge in [-0.1, -0.05) is 224 Å². The predicted octanol–water partition coefficient (Wildman–Crippen LogP) is 22.6. The third-order valence-corrected chi connectivity index (χ3v) is 15.8. The van der Waals surface area contributed by atoms with Crippen molar-refractivity contribution in [3.63, 3.8) is 0 Å². The molecule has 450 valence electrons. The Kier molecular flexibility index (Phi) is 6.48. The van der Waals surface area contributed by atoms with Crippen LogP contribution in [0.1, 0.15) is 157 Å². The first-order valence-corrected chi connectivity index (χ1v) is 28.5. The maximum Gasteiger partial charge on any atom is 0.269 e. The summed E-state index contributed by atoms with van der Waals surface area (Å²) in [4.78, 5) is 4.67. The summed E-state index contributed by atoms with van der Waals surface area (Å²) >= 11 is 0. The molecule has 92 heavy (non-hydrogen) atoms. The van der Waals surface area contributed by atoms with Gasteiger partial charge in [-0.15, -0.1) is 0 Å². The van der Waals surface area contributed by atoms with Crippen LogP contribution in [0.5, 0.6) is 11.5 Å². The van der Waals surface area contributed by atoms with E-state index in [1.165, 1.54) is 92.1 Å². The number of hydrogen-bond donors (Lipinski definition) is 0. The molecule has 5 nitrogen and oxygen atoms in total. The number of aromatic nitrogens is 4. The summed E-state index contributed by atoms with van der Waals surface area (Å²) in [5.74, 6) is -0.136. The summed E-state index contributed by atoms with van der Waals surface area (Å²) < 4.78 is 437. The van der Waals surface area contributed by atoms with Gasteiger partial charge in [0.1, 0.15) is 17.3 Å². The summed E-state index contributed by atoms with van der Waals surface area (Å²) in [5.41, 5.74) is -26.9. The van der Waals surface area contributed by atoms with Gasteiger partial charge in [-0.05, 0) is 211 Å².